The minimum atomic E-state index is -0.971. The van der Waals surface area contributed by atoms with Gasteiger partial charge in [0, 0.05) is 22.7 Å². The van der Waals surface area contributed by atoms with Gasteiger partial charge in [0.15, 0.2) is 0 Å². The molecule has 0 unspecified atom stereocenters. The number of esters is 2. The van der Waals surface area contributed by atoms with E-state index in [-0.39, 0.29) is 42.2 Å². The topological polar surface area (TPSA) is 146 Å². The first-order chi connectivity index (χ1) is 20.2. The van der Waals surface area contributed by atoms with E-state index in [0.717, 1.165) is 14.3 Å². The molecule has 11 nitrogen and oxygen atoms in total. The Morgan fingerprint density at radius 1 is 0.905 bits per heavy atom. The van der Waals surface area contributed by atoms with Crippen LogP contribution in [0.4, 0.5) is 20.6 Å². The van der Waals surface area contributed by atoms with Crippen LogP contribution in [0.3, 0.4) is 0 Å². The van der Waals surface area contributed by atoms with Gasteiger partial charge < -0.3 is 24.9 Å². The summed E-state index contributed by atoms with van der Waals surface area (Å²) >= 11 is 5.17. The second kappa shape index (κ2) is 14.2. The summed E-state index contributed by atoms with van der Waals surface area (Å²) in [6.45, 7) is -0.307. The molecule has 1 heterocycles. The number of rotatable bonds is 11. The van der Waals surface area contributed by atoms with Gasteiger partial charge >= 0.3 is 18.0 Å². The van der Waals surface area contributed by atoms with Crippen LogP contribution in [0.5, 0.6) is 11.5 Å². The molecule has 0 saturated carbocycles. The van der Waals surface area contributed by atoms with Gasteiger partial charge in [0.2, 0.25) is 0 Å². The van der Waals surface area contributed by atoms with Gasteiger partial charge in [0.25, 0.3) is 5.09 Å². The Bertz CT molecular complexity index is 1660. The van der Waals surface area contributed by atoms with Crippen molar-refractivity contribution in [3.63, 3.8) is 0 Å². The molecular weight excluding hydrogens is 610 g/mol. The molecule has 1 aromatic heterocycles. The molecule has 0 radical (unpaired) electrons. The highest BCUT2D eigenvalue weighted by atomic mass is 32.9. The van der Waals surface area contributed by atoms with Crippen molar-refractivity contribution >= 4 is 62.2 Å². The Kier molecular flexibility index (Phi) is 10.3. The number of hydrogen-bond donors (Lipinski definition) is 2. The number of amides is 2. The molecule has 3 aromatic carbocycles. The number of ether oxygens (including phenoxy) is 2. The van der Waals surface area contributed by atoms with E-state index in [0.29, 0.717) is 5.69 Å². The Morgan fingerprint density at radius 3 is 2.26 bits per heavy atom. The molecule has 0 spiro atoms. The van der Waals surface area contributed by atoms with Gasteiger partial charge in [-0.1, -0.05) is 32.9 Å². The maximum absolute atomic E-state index is 13.2. The fourth-order valence-corrected chi connectivity index (χ4v) is 5.84. The molecule has 216 valence electrons. The predicted molar refractivity (Wildman–Crippen MR) is 157 cm³/mol. The predicted octanol–water partition coefficient (Wildman–Crippen LogP) is 7.10. The number of carbonyl (C=O) groups is 3. The Labute approximate surface area is 250 Å². The number of anilines is 2. The lowest BCUT2D eigenvalue weighted by Gasteiger charge is -2.13. The number of nitrogens with one attached hydrogen (secondary N) is 2. The van der Waals surface area contributed by atoms with E-state index in [1.165, 1.54) is 63.1 Å². The lowest BCUT2D eigenvalue weighted by atomic mass is 10.1. The summed E-state index contributed by atoms with van der Waals surface area (Å²) in [5.74, 6) is -2.06. The highest BCUT2D eigenvalue weighted by Gasteiger charge is 2.20. The van der Waals surface area contributed by atoms with E-state index in [2.05, 4.69) is 15.5 Å². The summed E-state index contributed by atoms with van der Waals surface area (Å²) < 4.78 is 24.7. The van der Waals surface area contributed by atoms with Crippen molar-refractivity contribution in [2.24, 2.45) is 0 Å². The van der Waals surface area contributed by atoms with E-state index in [1.807, 2.05) is 6.07 Å². The first kappa shape index (κ1) is 30.2. The van der Waals surface area contributed by atoms with Gasteiger partial charge in [-0.05, 0) is 84.8 Å². The zero-order valence-electron chi connectivity index (χ0n) is 21.4. The number of hydrogen-bond acceptors (Lipinski definition) is 11. The normalized spacial score (nSPS) is 10.4. The third kappa shape index (κ3) is 8.89. The number of carbonyl (C=O) groups excluding carboxylic acids is 3. The van der Waals surface area contributed by atoms with Gasteiger partial charge in [-0.15, -0.1) is 10.1 Å². The maximum Gasteiger partial charge on any atom is 0.347 e. The fourth-order valence-electron chi connectivity index (χ4n) is 3.43. The highest BCUT2D eigenvalue weighted by Crippen LogP contribution is 2.31. The van der Waals surface area contributed by atoms with Crippen LogP contribution in [-0.4, -0.2) is 29.7 Å². The summed E-state index contributed by atoms with van der Waals surface area (Å²) in [4.78, 5) is 53.4. The van der Waals surface area contributed by atoms with Gasteiger partial charge in [0.05, 0.1) is 6.61 Å². The molecule has 2 amide bonds. The van der Waals surface area contributed by atoms with Crippen LogP contribution in [0.15, 0.2) is 72.8 Å². The third-order valence-electron chi connectivity index (χ3n) is 5.32. The molecule has 4 aromatic rings. The molecule has 0 fully saturated rings. The summed E-state index contributed by atoms with van der Waals surface area (Å²) in [5, 5.41) is 14.4. The summed E-state index contributed by atoms with van der Waals surface area (Å²) in [5.41, 5.74) is 1.20. The molecule has 0 atom stereocenters. The monoisotopic (exact) mass is 629 g/mol. The van der Waals surface area contributed by atoms with Crippen molar-refractivity contribution in [2.75, 3.05) is 17.2 Å². The number of benzene rings is 3. The van der Waals surface area contributed by atoms with Gasteiger partial charge in [-0.25, -0.2) is 14.0 Å². The Balaban J connectivity index is 1.50. The van der Waals surface area contributed by atoms with E-state index in [9.17, 15) is 28.9 Å². The van der Waals surface area contributed by atoms with Crippen molar-refractivity contribution in [1.29, 1.82) is 0 Å². The number of urea groups is 1. The zero-order valence-corrected chi connectivity index (χ0v) is 23.8. The van der Waals surface area contributed by atoms with E-state index in [1.54, 1.807) is 24.3 Å². The van der Waals surface area contributed by atoms with E-state index >= 15 is 0 Å². The number of halogens is 1. The molecule has 0 aliphatic rings. The molecule has 0 bridgehead atoms. The summed E-state index contributed by atoms with van der Waals surface area (Å²) in [7, 11) is 3.00. The van der Waals surface area contributed by atoms with Gasteiger partial charge in [-0.3, -0.25) is 4.79 Å². The van der Waals surface area contributed by atoms with Crippen molar-refractivity contribution in [3.05, 3.63) is 98.1 Å². The lowest BCUT2D eigenvalue weighted by molar-refractivity contribution is -0.757. The molecule has 0 saturated heterocycles. The third-order valence-corrected chi connectivity index (χ3v) is 8.23. The van der Waals surface area contributed by atoms with Gasteiger partial charge in [-0.2, -0.15) is 0 Å². The highest BCUT2D eigenvalue weighted by molar-refractivity contribution is 7.80. The van der Waals surface area contributed by atoms with E-state index in [4.69, 9.17) is 21.7 Å². The molecular formula is C27H20FN3O8S3. The first-order valence-electron chi connectivity index (χ1n) is 12.0. The van der Waals surface area contributed by atoms with Crippen LogP contribution in [0, 0.1) is 19.8 Å². The van der Waals surface area contributed by atoms with Crippen molar-refractivity contribution in [2.45, 2.75) is 12.8 Å². The van der Waals surface area contributed by atoms with Crippen molar-refractivity contribution in [1.82, 2.24) is 0 Å². The number of nitrogens with zero attached hydrogens (tertiary/aromatic N) is 1. The Morgan fingerprint density at radius 2 is 1.60 bits per heavy atom. The molecule has 0 aliphatic heterocycles. The van der Waals surface area contributed by atoms with Crippen LogP contribution in [0.2, 0.25) is 0 Å². The largest absolute Gasteiger partial charge is 0.426 e. The van der Waals surface area contributed by atoms with Crippen LogP contribution >= 0.6 is 32.9 Å². The minimum absolute atomic E-state index is 0.00703. The van der Waals surface area contributed by atoms with Crippen LogP contribution in [0.1, 0.15) is 23.2 Å². The smallest absolute Gasteiger partial charge is 0.347 e. The molecule has 2 N–H and O–H groups in total. The molecule has 0 aliphatic carbocycles. The molecule has 15 heteroatoms. The first-order valence-corrected chi connectivity index (χ1v) is 14.6. The minimum Gasteiger partial charge on any atom is -0.426 e. The van der Waals surface area contributed by atoms with E-state index < -0.39 is 28.9 Å². The van der Waals surface area contributed by atoms with Crippen molar-refractivity contribution in [3.8, 4) is 21.9 Å². The Hall–Kier alpha value is -4.73. The van der Waals surface area contributed by atoms with Crippen LogP contribution in [0.25, 0.3) is 10.4 Å². The second-order valence-corrected chi connectivity index (χ2v) is 11.3. The summed E-state index contributed by atoms with van der Waals surface area (Å²) in [6.07, 6.45) is -0.216. The standard InChI is InChI=1S/C27H20FN3O8S3/c28-17-5-7-18(8-6-17)29-27(34)30-19-9-12-22(39-24(32)2-1-13-37-31(35)36)21(14-19)26(33)38-20-10-3-16(4-11-20)23-15-25(40)42-41-23/h3-12,14-15H,1-2,13H2,(H2,29,30,34). The van der Waals surface area contributed by atoms with Crippen LogP contribution in [-0.2, 0) is 9.63 Å². The zero-order chi connectivity index (χ0) is 30.1. The SMILES string of the molecule is O=C(Nc1ccc(F)cc1)Nc1ccc(OC(=O)CCCO[N+](=O)[O-])c(C(=O)Oc2ccc(-c3cc(=S)ss3)cc2)c1. The molecule has 4 rings (SSSR count). The average molecular weight is 630 g/mol. The quantitative estimate of drug-likeness (QED) is 0.0337. The van der Waals surface area contributed by atoms with Crippen LogP contribution < -0.4 is 20.1 Å². The fraction of sp³-hybridized carbons (Fsp3) is 0.111. The summed E-state index contributed by atoms with van der Waals surface area (Å²) in [6, 6.07) is 17.0. The second-order valence-electron chi connectivity index (χ2n) is 8.34. The van der Waals surface area contributed by atoms with Crippen molar-refractivity contribution < 1.29 is 38.2 Å². The maximum atomic E-state index is 13.2. The average Bonchev–Trinajstić information content (AvgIpc) is 3.39. The van der Waals surface area contributed by atoms with Gasteiger partial charge in [0.1, 0.15) is 26.7 Å². The molecule has 42 heavy (non-hydrogen) atoms. The lowest BCUT2D eigenvalue weighted by Crippen LogP contribution is -2.20.